The number of para-hydroxylation sites is 1. The van der Waals surface area contributed by atoms with E-state index in [1.807, 2.05) is 0 Å². The predicted octanol–water partition coefficient (Wildman–Crippen LogP) is 2.71. The number of carbonyl (C=O) groups is 1. The number of hydrogen-bond acceptors (Lipinski definition) is 3. The van der Waals surface area contributed by atoms with Gasteiger partial charge in [-0.3, -0.25) is 9.10 Å². The Hall–Kier alpha value is -2.14. The van der Waals surface area contributed by atoms with Crippen molar-refractivity contribution in [2.75, 3.05) is 11.4 Å². The lowest BCUT2D eigenvalue weighted by molar-refractivity contribution is 0.101. The van der Waals surface area contributed by atoms with E-state index in [0.717, 1.165) is 4.31 Å². The van der Waals surface area contributed by atoms with Crippen LogP contribution >= 0.6 is 0 Å². The average Bonchev–Trinajstić information content (AvgIpc) is 2.47. The van der Waals surface area contributed by atoms with Gasteiger partial charge in [0.2, 0.25) is 0 Å². The lowest BCUT2D eigenvalue weighted by Gasteiger charge is -2.21. The van der Waals surface area contributed by atoms with E-state index in [1.54, 1.807) is 42.5 Å². The molecule has 0 amide bonds. The summed E-state index contributed by atoms with van der Waals surface area (Å²) in [5.41, 5.74) is 0.762. The summed E-state index contributed by atoms with van der Waals surface area (Å²) in [5.74, 6) is -0.171. The molecule has 2 rings (SSSR count). The van der Waals surface area contributed by atoms with Crippen molar-refractivity contribution >= 4 is 21.5 Å². The Balaban J connectivity index is 2.52. The molecule has 0 saturated heterocycles. The summed E-state index contributed by atoms with van der Waals surface area (Å²) in [6.45, 7) is 1.42. The van der Waals surface area contributed by atoms with Gasteiger partial charge in [0.1, 0.15) is 0 Å². The van der Waals surface area contributed by atoms with E-state index in [4.69, 9.17) is 0 Å². The highest BCUT2D eigenvalue weighted by atomic mass is 32.2. The maximum Gasteiger partial charge on any atom is 0.264 e. The fourth-order valence-corrected chi connectivity index (χ4v) is 3.16. The third-order valence-electron chi connectivity index (χ3n) is 3.02. The monoisotopic (exact) mass is 289 g/mol. The first-order valence-electron chi connectivity index (χ1n) is 6.08. The van der Waals surface area contributed by atoms with Crippen molar-refractivity contribution < 1.29 is 13.2 Å². The molecule has 5 heteroatoms. The zero-order chi connectivity index (χ0) is 14.8. The molecule has 0 aliphatic rings. The van der Waals surface area contributed by atoms with Crippen LogP contribution in [0.5, 0.6) is 0 Å². The molecule has 0 aromatic heterocycles. The highest BCUT2D eigenvalue weighted by Crippen LogP contribution is 2.25. The van der Waals surface area contributed by atoms with Crippen molar-refractivity contribution in [1.29, 1.82) is 0 Å². The summed E-state index contributed by atoms with van der Waals surface area (Å²) >= 11 is 0. The Morgan fingerprint density at radius 1 is 0.950 bits per heavy atom. The largest absolute Gasteiger partial charge is 0.294 e. The van der Waals surface area contributed by atoms with Crippen LogP contribution in [-0.2, 0) is 10.0 Å². The molecule has 0 spiro atoms. The van der Waals surface area contributed by atoms with Gasteiger partial charge in [-0.25, -0.2) is 8.42 Å². The van der Waals surface area contributed by atoms with Crippen molar-refractivity contribution in [2.45, 2.75) is 11.8 Å². The topological polar surface area (TPSA) is 54.5 Å². The van der Waals surface area contributed by atoms with Gasteiger partial charge in [0.05, 0.1) is 10.6 Å². The van der Waals surface area contributed by atoms with Crippen LogP contribution in [0, 0.1) is 0 Å². The molecule has 20 heavy (non-hydrogen) atoms. The van der Waals surface area contributed by atoms with E-state index in [9.17, 15) is 13.2 Å². The zero-order valence-electron chi connectivity index (χ0n) is 11.3. The van der Waals surface area contributed by atoms with Gasteiger partial charge in [-0.15, -0.1) is 0 Å². The van der Waals surface area contributed by atoms with Crippen LogP contribution in [0.4, 0.5) is 5.69 Å². The Labute approximate surface area is 118 Å². The number of benzene rings is 2. The minimum absolute atomic E-state index is 0.171. The van der Waals surface area contributed by atoms with Crippen molar-refractivity contribution in [3.63, 3.8) is 0 Å². The molecule has 2 aromatic rings. The molecular formula is C15H15NO3S. The van der Waals surface area contributed by atoms with Crippen molar-refractivity contribution in [3.05, 3.63) is 60.2 Å². The van der Waals surface area contributed by atoms with Crippen LogP contribution in [0.1, 0.15) is 17.3 Å². The SMILES string of the molecule is CC(=O)c1ccccc1N(C)S(=O)(=O)c1ccccc1. The van der Waals surface area contributed by atoms with Crippen LogP contribution in [-0.4, -0.2) is 21.2 Å². The van der Waals surface area contributed by atoms with E-state index >= 15 is 0 Å². The Bertz CT molecular complexity index is 724. The summed E-state index contributed by atoms with van der Waals surface area (Å²) in [6, 6.07) is 14.8. The minimum atomic E-state index is -3.67. The number of hydrogen-bond donors (Lipinski definition) is 0. The van der Waals surface area contributed by atoms with Crippen LogP contribution in [0.15, 0.2) is 59.5 Å². The number of anilines is 1. The van der Waals surface area contributed by atoms with Gasteiger partial charge in [-0.05, 0) is 31.2 Å². The predicted molar refractivity (Wildman–Crippen MR) is 78.5 cm³/mol. The smallest absolute Gasteiger partial charge is 0.264 e. The maximum atomic E-state index is 12.5. The number of rotatable bonds is 4. The summed E-state index contributed by atoms with van der Waals surface area (Å²) in [6.07, 6.45) is 0. The molecule has 0 aliphatic carbocycles. The third kappa shape index (κ3) is 2.58. The Morgan fingerprint density at radius 3 is 2.10 bits per heavy atom. The van der Waals surface area contributed by atoms with Gasteiger partial charge in [0, 0.05) is 12.6 Å². The van der Waals surface area contributed by atoms with Gasteiger partial charge in [-0.1, -0.05) is 30.3 Å². The molecule has 0 atom stereocenters. The lowest BCUT2D eigenvalue weighted by atomic mass is 10.1. The zero-order valence-corrected chi connectivity index (χ0v) is 12.1. The quantitative estimate of drug-likeness (QED) is 0.813. The second kappa shape index (κ2) is 5.46. The molecule has 0 N–H and O–H groups in total. The number of ketones is 1. The minimum Gasteiger partial charge on any atom is -0.294 e. The van der Waals surface area contributed by atoms with E-state index in [1.165, 1.54) is 26.1 Å². The van der Waals surface area contributed by atoms with Gasteiger partial charge in [0.15, 0.2) is 5.78 Å². The molecule has 4 nitrogen and oxygen atoms in total. The molecule has 104 valence electrons. The molecule has 0 unspecified atom stereocenters. The van der Waals surface area contributed by atoms with E-state index in [-0.39, 0.29) is 10.7 Å². The summed E-state index contributed by atoms with van der Waals surface area (Å²) in [4.78, 5) is 11.8. The number of sulfonamides is 1. The Morgan fingerprint density at radius 2 is 1.50 bits per heavy atom. The van der Waals surface area contributed by atoms with Gasteiger partial charge in [-0.2, -0.15) is 0 Å². The van der Waals surface area contributed by atoms with Crippen LogP contribution in [0.25, 0.3) is 0 Å². The molecule has 0 aliphatic heterocycles. The Kier molecular flexibility index (Phi) is 3.90. The average molecular weight is 289 g/mol. The third-order valence-corrected chi connectivity index (χ3v) is 4.81. The van der Waals surface area contributed by atoms with Crippen molar-refractivity contribution in [3.8, 4) is 0 Å². The fraction of sp³-hybridized carbons (Fsp3) is 0.133. The van der Waals surface area contributed by atoms with Crippen molar-refractivity contribution in [2.24, 2.45) is 0 Å². The fourth-order valence-electron chi connectivity index (χ4n) is 1.93. The standard InChI is InChI=1S/C15H15NO3S/c1-12(17)14-10-6-7-11-15(14)16(2)20(18,19)13-8-4-3-5-9-13/h3-11H,1-2H3. The molecule has 2 aromatic carbocycles. The van der Waals surface area contributed by atoms with E-state index in [0.29, 0.717) is 11.3 Å². The number of Topliss-reactive ketones (excluding diaryl/α,β-unsaturated/α-hetero) is 1. The van der Waals surface area contributed by atoms with Gasteiger partial charge < -0.3 is 0 Å². The van der Waals surface area contributed by atoms with Crippen LogP contribution in [0.2, 0.25) is 0 Å². The van der Waals surface area contributed by atoms with Crippen molar-refractivity contribution in [1.82, 2.24) is 0 Å². The number of nitrogens with zero attached hydrogens (tertiary/aromatic N) is 1. The molecule has 0 radical (unpaired) electrons. The normalized spacial score (nSPS) is 11.1. The summed E-state index contributed by atoms with van der Waals surface area (Å²) in [7, 11) is -2.22. The van der Waals surface area contributed by atoms with Crippen LogP contribution < -0.4 is 4.31 Å². The first-order valence-corrected chi connectivity index (χ1v) is 7.52. The highest BCUT2D eigenvalue weighted by Gasteiger charge is 2.23. The molecular weight excluding hydrogens is 274 g/mol. The lowest BCUT2D eigenvalue weighted by Crippen LogP contribution is -2.27. The second-order valence-electron chi connectivity index (χ2n) is 4.36. The number of carbonyl (C=O) groups excluding carboxylic acids is 1. The van der Waals surface area contributed by atoms with E-state index < -0.39 is 10.0 Å². The second-order valence-corrected chi connectivity index (χ2v) is 6.33. The summed E-state index contributed by atoms with van der Waals surface area (Å²) < 4.78 is 26.2. The highest BCUT2D eigenvalue weighted by molar-refractivity contribution is 7.92. The van der Waals surface area contributed by atoms with E-state index in [2.05, 4.69) is 0 Å². The first kappa shape index (κ1) is 14.3. The van der Waals surface area contributed by atoms with Gasteiger partial charge >= 0.3 is 0 Å². The molecule has 0 heterocycles. The molecule has 0 fully saturated rings. The summed E-state index contributed by atoms with van der Waals surface area (Å²) in [5, 5.41) is 0. The molecule has 0 saturated carbocycles. The van der Waals surface area contributed by atoms with Gasteiger partial charge in [0.25, 0.3) is 10.0 Å². The molecule has 0 bridgehead atoms. The first-order chi connectivity index (χ1) is 9.44. The van der Waals surface area contributed by atoms with Crippen LogP contribution in [0.3, 0.4) is 0 Å². The maximum absolute atomic E-state index is 12.5.